The Hall–Kier alpha value is -3.63. The van der Waals surface area contributed by atoms with Crippen LogP contribution in [0, 0.1) is 0 Å². The van der Waals surface area contributed by atoms with Gasteiger partial charge < -0.3 is 9.47 Å². The van der Waals surface area contributed by atoms with E-state index in [1.54, 1.807) is 11.3 Å². The van der Waals surface area contributed by atoms with E-state index in [0.717, 1.165) is 40.0 Å². The molecule has 0 spiro atoms. The van der Waals surface area contributed by atoms with E-state index in [0.29, 0.717) is 13.1 Å². The van der Waals surface area contributed by atoms with Crippen molar-refractivity contribution in [1.29, 1.82) is 0 Å². The fourth-order valence-corrected chi connectivity index (χ4v) is 5.07. The van der Waals surface area contributed by atoms with Gasteiger partial charge in [-0.1, -0.05) is 91.0 Å². The molecule has 0 aliphatic carbocycles. The zero-order valence-electron chi connectivity index (χ0n) is 18.4. The number of amides is 1. The van der Waals surface area contributed by atoms with Gasteiger partial charge in [0, 0.05) is 19.6 Å². The molecule has 0 aliphatic rings. The highest BCUT2D eigenvalue weighted by molar-refractivity contribution is 7.17. The van der Waals surface area contributed by atoms with Crippen molar-refractivity contribution in [3.63, 3.8) is 0 Å². The molecular formula is C29H26N2OS. The quantitative estimate of drug-likeness (QED) is 0.256. The van der Waals surface area contributed by atoms with Crippen molar-refractivity contribution >= 4 is 27.5 Å². The van der Waals surface area contributed by atoms with Crippen molar-refractivity contribution in [1.82, 2.24) is 9.47 Å². The molecule has 2 heterocycles. The van der Waals surface area contributed by atoms with Crippen molar-refractivity contribution in [3.05, 3.63) is 131 Å². The molecule has 5 aromatic rings. The van der Waals surface area contributed by atoms with Crippen molar-refractivity contribution in [2.45, 2.75) is 26.1 Å². The first kappa shape index (κ1) is 21.2. The number of aryl methyl sites for hydroxylation is 2. The average Bonchev–Trinajstić information content (AvgIpc) is 3.46. The van der Waals surface area contributed by atoms with Crippen molar-refractivity contribution in [3.8, 4) is 0 Å². The van der Waals surface area contributed by atoms with Gasteiger partial charge in [-0.25, -0.2) is 0 Å². The van der Waals surface area contributed by atoms with Crippen LogP contribution in [0.3, 0.4) is 0 Å². The molecule has 1 amide bonds. The minimum atomic E-state index is 0.0687. The lowest BCUT2D eigenvalue weighted by Gasteiger charge is -2.24. The van der Waals surface area contributed by atoms with Crippen LogP contribution >= 0.6 is 11.3 Å². The summed E-state index contributed by atoms with van der Waals surface area (Å²) >= 11 is 1.69. The van der Waals surface area contributed by atoms with Gasteiger partial charge in [0.25, 0.3) is 5.91 Å². The summed E-state index contributed by atoms with van der Waals surface area (Å²) in [7, 11) is 0. The van der Waals surface area contributed by atoms with E-state index >= 15 is 0 Å². The molecule has 0 unspecified atom stereocenters. The normalized spacial score (nSPS) is 11.0. The van der Waals surface area contributed by atoms with Crippen LogP contribution in [0.15, 0.2) is 109 Å². The Bertz CT molecular complexity index is 1280. The summed E-state index contributed by atoms with van der Waals surface area (Å²) in [4.78, 5) is 15.9. The van der Waals surface area contributed by atoms with Gasteiger partial charge in [-0.3, -0.25) is 4.79 Å². The third-order valence-corrected chi connectivity index (χ3v) is 6.78. The van der Waals surface area contributed by atoms with Gasteiger partial charge in [0.15, 0.2) is 0 Å². The maximum Gasteiger partial charge on any atom is 0.271 e. The predicted octanol–water partition coefficient (Wildman–Crippen LogP) is 6.79. The number of hydrogen-bond acceptors (Lipinski definition) is 2. The van der Waals surface area contributed by atoms with E-state index in [1.807, 2.05) is 47.4 Å². The summed E-state index contributed by atoms with van der Waals surface area (Å²) in [6, 6.07) is 35.1. The summed E-state index contributed by atoms with van der Waals surface area (Å²) in [5, 5.41) is 2.10. The molecule has 0 radical (unpaired) electrons. The average molecular weight is 451 g/mol. The highest BCUT2D eigenvalue weighted by atomic mass is 32.1. The number of hydrogen-bond donors (Lipinski definition) is 0. The predicted molar refractivity (Wildman–Crippen MR) is 136 cm³/mol. The largest absolute Gasteiger partial charge is 0.335 e. The van der Waals surface area contributed by atoms with E-state index < -0.39 is 0 Å². The SMILES string of the molecule is O=C(c1cc2sccc2n1CCc1ccccc1)N(Cc1ccccc1)Cc1ccccc1. The number of carbonyl (C=O) groups is 1. The molecule has 3 nitrogen and oxygen atoms in total. The van der Waals surface area contributed by atoms with E-state index in [-0.39, 0.29) is 5.91 Å². The van der Waals surface area contributed by atoms with Crippen LogP contribution < -0.4 is 0 Å². The lowest BCUT2D eigenvalue weighted by molar-refractivity contribution is 0.0719. The molecule has 2 aromatic heterocycles. The number of fused-ring (bicyclic) bond motifs is 1. The monoisotopic (exact) mass is 450 g/mol. The van der Waals surface area contributed by atoms with Gasteiger partial charge >= 0.3 is 0 Å². The fourth-order valence-electron chi connectivity index (χ4n) is 4.25. The van der Waals surface area contributed by atoms with Gasteiger partial charge in [-0.15, -0.1) is 11.3 Å². The first-order valence-corrected chi connectivity index (χ1v) is 12.1. The second-order valence-corrected chi connectivity index (χ2v) is 9.17. The summed E-state index contributed by atoms with van der Waals surface area (Å²) in [5.41, 5.74) is 5.44. The summed E-state index contributed by atoms with van der Waals surface area (Å²) in [5.74, 6) is 0.0687. The maximum atomic E-state index is 14.0. The van der Waals surface area contributed by atoms with Crippen molar-refractivity contribution in [2.75, 3.05) is 0 Å². The number of carbonyl (C=O) groups excluding carboxylic acids is 1. The molecule has 0 bridgehead atoms. The topological polar surface area (TPSA) is 25.2 Å². The molecule has 5 rings (SSSR count). The zero-order chi connectivity index (χ0) is 22.5. The number of nitrogens with zero attached hydrogens (tertiary/aromatic N) is 2. The lowest BCUT2D eigenvalue weighted by Crippen LogP contribution is -2.32. The van der Waals surface area contributed by atoms with Crippen LogP contribution in [-0.4, -0.2) is 15.4 Å². The van der Waals surface area contributed by atoms with Crippen molar-refractivity contribution in [2.24, 2.45) is 0 Å². The second kappa shape index (κ2) is 9.88. The number of aromatic nitrogens is 1. The molecule has 0 aliphatic heterocycles. The minimum absolute atomic E-state index is 0.0687. The molecule has 4 heteroatoms. The Kier molecular flexibility index (Phi) is 6.36. The van der Waals surface area contributed by atoms with E-state index in [4.69, 9.17) is 0 Å². The van der Waals surface area contributed by atoms with E-state index in [1.165, 1.54) is 5.56 Å². The first-order chi connectivity index (χ1) is 16.3. The first-order valence-electron chi connectivity index (χ1n) is 11.3. The number of benzene rings is 3. The third-order valence-electron chi connectivity index (χ3n) is 5.93. The van der Waals surface area contributed by atoms with Crippen LogP contribution in [0.4, 0.5) is 0 Å². The molecule has 0 atom stereocenters. The Balaban J connectivity index is 1.47. The van der Waals surface area contributed by atoms with Gasteiger partial charge in [-0.2, -0.15) is 0 Å². The Labute approximate surface area is 198 Å². The smallest absolute Gasteiger partial charge is 0.271 e. The zero-order valence-corrected chi connectivity index (χ0v) is 19.2. The molecule has 0 fully saturated rings. The van der Waals surface area contributed by atoms with Gasteiger partial charge in [-0.05, 0) is 40.6 Å². The highest BCUT2D eigenvalue weighted by Crippen LogP contribution is 2.27. The molecule has 0 N–H and O–H groups in total. The summed E-state index contributed by atoms with van der Waals surface area (Å²) < 4.78 is 3.36. The molecular weight excluding hydrogens is 424 g/mol. The molecule has 33 heavy (non-hydrogen) atoms. The standard InChI is InChI=1S/C29H26N2OS/c32-29(30(21-24-12-6-2-7-13-24)22-25-14-8-3-9-15-25)27-20-28-26(17-19-33-28)31(27)18-16-23-10-4-1-5-11-23/h1-15,17,19-20H,16,18,21-22H2. The Morgan fingerprint density at radius 1 is 0.727 bits per heavy atom. The van der Waals surface area contributed by atoms with Crippen LogP contribution in [0.2, 0.25) is 0 Å². The van der Waals surface area contributed by atoms with Crippen LogP contribution in [-0.2, 0) is 26.1 Å². The minimum Gasteiger partial charge on any atom is -0.335 e. The van der Waals surface area contributed by atoms with Crippen LogP contribution in [0.1, 0.15) is 27.2 Å². The Morgan fingerprint density at radius 3 is 1.85 bits per heavy atom. The number of thiophene rings is 1. The summed E-state index contributed by atoms with van der Waals surface area (Å²) in [6.07, 6.45) is 0.887. The molecule has 0 saturated heterocycles. The van der Waals surface area contributed by atoms with Gasteiger partial charge in [0.05, 0.1) is 10.2 Å². The highest BCUT2D eigenvalue weighted by Gasteiger charge is 2.22. The number of rotatable bonds is 8. The van der Waals surface area contributed by atoms with E-state index in [2.05, 4.69) is 70.6 Å². The molecule has 164 valence electrons. The molecule has 3 aromatic carbocycles. The lowest BCUT2D eigenvalue weighted by atomic mass is 10.1. The van der Waals surface area contributed by atoms with Gasteiger partial charge in [0.1, 0.15) is 5.69 Å². The van der Waals surface area contributed by atoms with Gasteiger partial charge in [0.2, 0.25) is 0 Å². The fraction of sp³-hybridized carbons (Fsp3) is 0.138. The second-order valence-electron chi connectivity index (χ2n) is 8.22. The third kappa shape index (κ3) is 4.91. The van der Waals surface area contributed by atoms with Crippen LogP contribution in [0.25, 0.3) is 10.2 Å². The van der Waals surface area contributed by atoms with Crippen molar-refractivity contribution < 1.29 is 4.79 Å². The summed E-state index contributed by atoms with van der Waals surface area (Å²) in [6.45, 7) is 1.92. The Morgan fingerprint density at radius 2 is 1.27 bits per heavy atom. The maximum absolute atomic E-state index is 14.0. The van der Waals surface area contributed by atoms with E-state index in [9.17, 15) is 4.79 Å². The molecule has 0 saturated carbocycles. The van der Waals surface area contributed by atoms with Crippen LogP contribution in [0.5, 0.6) is 0 Å².